The van der Waals surface area contributed by atoms with Gasteiger partial charge in [-0.1, -0.05) is 146 Å². The van der Waals surface area contributed by atoms with Gasteiger partial charge < -0.3 is 9.80 Å². The van der Waals surface area contributed by atoms with Gasteiger partial charge in [0.05, 0.1) is 0 Å². The first-order valence-electron chi connectivity index (χ1n) is 20.6. The summed E-state index contributed by atoms with van der Waals surface area (Å²) in [6, 6.07) is 87.9. The van der Waals surface area contributed by atoms with E-state index in [0.29, 0.717) is 0 Å². The third-order valence-corrected chi connectivity index (χ3v) is 11.7. The first-order valence-corrected chi connectivity index (χ1v) is 20.6. The Hall–Kier alpha value is -7.94. The Labute approximate surface area is 350 Å². The molecule has 0 aliphatic heterocycles. The lowest BCUT2D eigenvalue weighted by molar-refractivity contribution is 1.28. The molecule has 282 valence electrons. The smallest absolute Gasteiger partial charge is 0.0462 e. The molecule has 0 atom stereocenters. The second-order valence-electron chi connectivity index (χ2n) is 15.3. The molecule has 0 radical (unpaired) electrons. The number of rotatable bonds is 8. The highest BCUT2D eigenvalue weighted by atomic mass is 15.1. The van der Waals surface area contributed by atoms with E-state index in [9.17, 15) is 0 Å². The molecular weight excluding hydrogens is 725 g/mol. The third kappa shape index (κ3) is 6.32. The molecule has 11 aromatic rings. The summed E-state index contributed by atoms with van der Waals surface area (Å²) in [6.45, 7) is 0. The fourth-order valence-corrected chi connectivity index (χ4v) is 8.98. The lowest BCUT2D eigenvalue weighted by atomic mass is 9.84. The van der Waals surface area contributed by atoms with Crippen LogP contribution in [0.5, 0.6) is 0 Å². The second-order valence-corrected chi connectivity index (χ2v) is 15.3. The average Bonchev–Trinajstić information content (AvgIpc) is 3.32. The molecule has 0 N–H and O–H groups in total. The normalized spacial score (nSPS) is 11.3. The molecule has 0 aliphatic carbocycles. The standard InChI is InChI=1S/C58H40N2/c1-5-21-47(22-6-1)59(48-23-7-2-8-24-48)51-33-29-41(30-34-51)57-53-37-43-17-13-15-19-45(43)39-55(53)58(56-40-46-20-16-14-18-44(46)38-54(56)57)42-31-35-52(36-32-42)60(49-25-9-3-10-26-49)50-27-11-4-12-28-50/h1-40H. The lowest BCUT2D eigenvalue weighted by Crippen LogP contribution is -2.09. The fraction of sp³-hybridized carbons (Fsp3) is 0. The van der Waals surface area contributed by atoms with Gasteiger partial charge in [0.25, 0.3) is 0 Å². The number of anilines is 6. The summed E-state index contributed by atoms with van der Waals surface area (Å²) in [5, 5.41) is 9.86. The van der Waals surface area contributed by atoms with Crippen molar-refractivity contribution in [1.29, 1.82) is 0 Å². The monoisotopic (exact) mass is 764 g/mol. The number of fused-ring (bicyclic) bond motifs is 4. The minimum Gasteiger partial charge on any atom is -0.311 e. The van der Waals surface area contributed by atoms with Gasteiger partial charge in [-0.2, -0.15) is 0 Å². The average molecular weight is 765 g/mol. The highest BCUT2D eigenvalue weighted by Gasteiger charge is 2.21. The van der Waals surface area contributed by atoms with E-state index < -0.39 is 0 Å². The van der Waals surface area contributed by atoms with Crippen molar-refractivity contribution in [1.82, 2.24) is 0 Å². The predicted molar refractivity (Wildman–Crippen MR) is 257 cm³/mol. The van der Waals surface area contributed by atoms with Crippen molar-refractivity contribution >= 4 is 77.2 Å². The SMILES string of the molecule is c1ccc(N(c2ccccc2)c2ccc(-c3c4cc5ccccc5cc4c(-c4ccc(N(c5ccccc5)c5ccccc5)cc4)c4cc5ccccc5cc34)cc2)cc1. The van der Waals surface area contributed by atoms with Crippen LogP contribution in [-0.2, 0) is 0 Å². The van der Waals surface area contributed by atoms with Gasteiger partial charge in [0, 0.05) is 34.1 Å². The van der Waals surface area contributed by atoms with Crippen molar-refractivity contribution in [3.05, 3.63) is 243 Å². The van der Waals surface area contributed by atoms with Gasteiger partial charge in [-0.15, -0.1) is 0 Å². The van der Waals surface area contributed by atoms with E-state index in [4.69, 9.17) is 0 Å². The van der Waals surface area contributed by atoms with Crippen molar-refractivity contribution in [3.63, 3.8) is 0 Å². The summed E-state index contributed by atoms with van der Waals surface area (Å²) >= 11 is 0. The maximum atomic E-state index is 2.41. The van der Waals surface area contributed by atoms with Crippen LogP contribution in [0.15, 0.2) is 243 Å². The molecule has 11 rings (SSSR count). The third-order valence-electron chi connectivity index (χ3n) is 11.7. The first kappa shape index (κ1) is 35.2. The van der Waals surface area contributed by atoms with Gasteiger partial charge in [0.2, 0.25) is 0 Å². The van der Waals surface area contributed by atoms with Crippen LogP contribution >= 0.6 is 0 Å². The maximum Gasteiger partial charge on any atom is 0.0462 e. The number of nitrogens with zero attached hydrogens (tertiary/aromatic N) is 2. The van der Waals surface area contributed by atoms with E-state index in [2.05, 4.69) is 252 Å². The van der Waals surface area contributed by atoms with Crippen LogP contribution in [0.1, 0.15) is 0 Å². The van der Waals surface area contributed by atoms with Crippen molar-refractivity contribution in [3.8, 4) is 22.3 Å². The zero-order valence-electron chi connectivity index (χ0n) is 33.0. The van der Waals surface area contributed by atoms with Gasteiger partial charge in [0.1, 0.15) is 0 Å². The molecule has 0 unspecified atom stereocenters. The van der Waals surface area contributed by atoms with Crippen LogP contribution in [0.2, 0.25) is 0 Å². The molecule has 0 bridgehead atoms. The van der Waals surface area contributed by atoms with E-state index in [1.807, 2.05) is 0 Å². The summed E-state index contributed by atoms with van der Waals surface area (Å²) in [5.74, 6) is 0. The lowest BCUT2D eigenvalue weighted by Gasteiger charge is -2.26. The fourth-order valence-electron chi connectivity index (χ4n) is 8.98. The highest BCUT2D eigenvalue weighted by Crippen LogP contribution is 2.47. The van der Waals surface area contributed by atoms with Crippen molar-refractivity contribution < 1.29 is 0 Å². The Morgan fingerprint density at radius 3 is 0.667 bits per heavy atom. The molecule has 0 heterocycles. The summed E-state index contributed by atoms with van der Waals surface area (Å²) in [4.78, 5) is 4.65. The van der Waals surface area contributed by atoms with Crippen LogP contribution in [0.25, 0.3) is 65.3 Å². The summed E-state index contributed by atoms with van der Waals surface area (Å²) in [7, 11) is 0. The van der Waals surface area contributed by atoms with Gasteiger partial charge >= 0.3 is 0 Å². The molecule has 0 spiro atoms. The minimum absolute atomic E-state index is 1.11. The van der Waals surface area contributed by atoms with Crippen molar-refractivity contribution in [2.45, 2.75) is 0 Å². The van der Waals surface area contributed by atoms with Crippen molar-refractivity contribution in [2.75, 3.05) is 9.80 Å². The Bertz CT molecular complexity index is 2870. The van der Waals surface area contributed by atoms with Crippen LogP contribution < -0.4 is 9.80 Å². The molecule has 0 saturated carbocycles. The Kier molecular flexibility index (Phi) is 8.87. The topological polar surface area (TPSA) is 6.48 Å². The zero-order chi connectivity index (χ0) is 39.8. The van der Waals surface area contributed by atoms with E-state index in [1.54, 1.807) is 0 Å². The van der Waals surface area contributed by atoms with E-state index in [0.717, 1.165) is 34.1 Å². The van der Waals surface area contributed by atoms with E-state index in [1.165, 1.54) is 65.3 Å². The molecule has 0 amide bonds. The maximum absolute atomic E-state index is 2.41. The molecule has 0 aromatic heterocycles. The largest absolute Gasteiger partial charge is 0.311 e. The Morgan fingerprint density at radius 2 is 0.417 bits per heavy atom. The van der Waals surface area contributed by atoms with Crippen molar-refractivity contribution in [2.24, 2.45) is 0 Å². The van der Waals surface area contributed by atoms with Crippen LogP contribution in [0.4, 0.5) is 34.1 Å². The quantitative estimate of drug-likeness (QED) is 0.142. The van der Waals surface area contributed by atoms with Gasteiger partial charge in [-0.25, -0.2) is 0 Å². The zero-order valence-corrected chi connectivity index (χ0v) is 33.0. The second kappa shape index (κ2) is 15.1. The van der Waals surface area contributed by atoms with Crippen LogP contribution in [0.3, 0.4) is 0 Å². The Balaban J connectivity index is 1.14. The molecule has 2 heteroatoms. The summed E-state index contributed by atoms with van der Waals surface area (Å²) in [6.07, 6.45) is 0. The molecule has 0 saturated heterocycles. The van der Waals surface area contributed by atoms with Gasteiger partial charge in [0.15, 0.2) is 0 Å². The van der Waals surface area contributed by atoms with Gasteiger partial charge in [-0.3, -0.25) is 0 Å². The molecule has 60 heavy (non-hydrogen) atoms. The molecular formula is C58H40N2. The molecule has 0 aliphatic rings. The van der Waals surface area contributed by atoms with E-state index in [-0.39, 0.29) is 0 Å². The molecule has 0 fully saturated rings. The predicted octanol–water partition coefficient (Wildman–Crippen LogP) is 16.6. The number of hydrogen-bond donors (Lipinski definition) is 0. The van der Waals surface area contributed by atoms with E-state index >= 15 is 0 Å². The number of para-hydroxylation sites is 4. The number of hydrogen-bond acceptors (Lipinski definition) is 2. The molecule has 2 nitrogen and oxygen atoms in total. The summed E-state index contributed by atoms with van der Waals surface area (Å²) < 4.78 is 0. The Morgan fingerprint density at radius 1 is 0.200 bits per heavy atom. The summed E-state index contributed by atoms with van der Waals surface area (Å²) in [5.41, 5.74) is 11.6. The van der Waals surface area contributed by atoms with Crippen LogP contribution in [0, 0.1) is 0 Å². The van der Waals surface area contributed by atoms with Gasteiger partial charge in [-0.05, 0) is 162 Å². The number of benzene rings is 11. The minimum atomic E-state index is 1.11. The molecule has 11 aromatic carbocycles. The highest BCUT2D eigenvalue weighted by molar-refractivity contribution is 6.25. The first-order chi connectivity index (χ1) is 29.8. The van der Waals surface area contributed by atoms with Crippen LogP contribution in [-0.4, -0.2) is 0 Å².